The van der Waals surface area contributed by atoms with E-state index in [9.17, 15) is 5.11 Å². The lowest BCUT2D eigenvalue weighted by atomic mass is 9.44. The minimum atomic E-state index is -0.633. The highest BCUT2D eigenvalue weighted by atomic mass is 16.3. The van der Waals surface area contributed by atoms with Crippen LogP contribution in [0.3, 0.4) is 0 Å². The zero-order valence-corrected chi connectivity index (χ0v) is 15.6. The second-order valence-corrected chi connectivity index (χ2v) is 9.55. The van der Waals surface area contributed by atoms with E-state index in [1.165, 1.54) is 49.7 Å². The molecule has 0 unspecified atom stereocenters. The van der Waals surface area contributed by atoms with Crippen LogP contribution in [-0.4, -0.2) is 10.7 Å². The molecule has 4 saturated carbocycles. The fourth-order valence-electron chi connectivity index (χ4n) is 6.99. The van der Waals surface area contributed by atoms with E-state index in [4.69, 9.17) is 0 Å². The average molecular weight is 347 g/mol. The van der Waals surface area contributed by atoms with Crippen LogP contribution in [0, 0.1) is 23.2 Å². The number of hydrogen-bond acceptors (Lipinski definition) is 1. The molecule has 6 rings (SSSR count). The van der Waals surface area contributed by atoms with Crippen LogP contribution in [0.4, 0.5) is 0 Å². The minimum Gasteiger partial charge on any atom is -0.389 e. The third-order valence-electron chi connectivity index (χ3n) is 7.70. The predicted octanol–water partition coefficient (Wildman–Crippen LogP) is 5.42. The van der Waals surface area contributed by atoms with Gasteiger partial charge in [0.1, 0.15) is 0 Å². The van der Waals surface area contributed by atoms with E-state index in [1.54, 1.807) is 0 Å². The van der Waals surface area contributed by atoms with Gasteiger partial charge in [0.25, 0.3) is 0 Å². The van der Waals surface area contributed by atoms with Gasteiger partial charge in [0, 0.05) is 18.3 Å². The Labute approximate surface area is 157 Å². The molecule has 2 aromatic rings. The summed E-state index contributed by atoms with van der Waals surface area (Å²) in [5.41, 5.74) is 2.04. The first-order valence-corrected chi connectivity index (χ1v) is 10.4. The zero-order valence-electron chi connectivity index (χ0n) is 15.6. The van der Waals surface area contributed by atoms with Gasteiger partial charge in [-0.05, 0) is 67.4 Å². The van der Waals surface area contributed by atoms with Crippen LogP contribution in [-0.2, 0) is 12.8 Å². The van der Waals surface area contributed by atoms with Crippen molar-refractivity contribution >= 4 is 0 Å². The average Bonchev–Trinajstić information content (AvgIpc) is 2.62. The lowest BCUT2D eigenvalue weighted by Gasteiger charge is -2.62. The molecule has 26 heavy (non-hydrogen) atoms. The molecule has 0 saturated heterocycles. The third kappa shape index (κ3) is 2.81. The normalized spacial score (nSPS) is 32.7. The Balaban J connectivity index is 1.53. The molecular weight excluding hydrogens is 316 g/mol. The fraction of sp³-hybridized carbons (Fsp3) is 0.520. The van der Waals surface area contributed by atoms with Gasteiger partial charge < -0.3 is 5.11 Å². The van der Waals surface area contributed by atoms with Crippen molar-refractivity contribution in [1.82, 2.24) is 0 Å². The van der Waals surface area contributed by atoms with Gasteiger partial charge in [-0.25, -0.2) is 0 Å². The topological polar surface area (TPSA) is 20.2 Å². The Morgan fingerprint density at radius 3 is 1.46 bits per heavy atom. The molecule has 1 N–H and O–H groups in total. The molecule has 4 aliphatic carbocycles. The first-order valence-electron chi connectivity index (χ1n) is 10.4. The van der Waals surface area contributed by atoms with Crippen molar-refractivity contribution < 1.29 is 5.11 Å². The van der Waals surface area contributed by atoms with Gasteiger partial charge in [0.05, 0.1) is 5.60 Å². The van der Waals surface area contributed by atoms with Crippen molar-refractivity contribution in [2.45, 2.75) is 57.0 Å². The Bertz CT molecular complexity index is 671. The lowest BCUT2D eigenvalue weighted by molar-refractivity contribution is -0.178. The molecule has 0 atom stereocenters. The summed E-state index contributed by atoms with van der Waals surface area (Å²) in [5.74, 6) is 2.58. The maximum absolute atomic E-state index is 12.3. The van der Waals surface area contributed by atoms with E-state index in [0.717, 1.165) is 30.6 Å². The van der Waals surface area contributed by atoms with Gasteiger partial charge in [-0.2, -0.15) is 0 Å². The van der Waals surface area contributed by atoms with Gasteiger partial charge in [-0.3, -0.25) is 0 Å². The highest BCUT2D eigenvalue weighted by Gasteiger charge is 2.59. The molecule has 136 valence electrons. The van der Waals surface area contributed by atoms with E-state index in [2.05, 4.69) is 60.7 Å². The molecule has 4 aliphatic rings. The van der Waals surface area contributed by atoms with E-state index >= 15 is 0 Å². The van der Waals surface area contributed by atoms with Gasteiger partial charge in [-0.15, -0.1) is 0 Å². The number of hydrogen-bond donors (Lipinski definition) is 1. The molecule has 0 aliphatic heterocycles. The summed E-state index contributed by atoms with van der Waals surface area (Å²) in [6.07, 6.45) is 9.58. The Morgan fingerprint density at radius 1 is 0.692 bits per heavy atom. The molecule has 0 amide bonds. The van der Waals surface area contributed by atoms with Crippen LogP contribution in [0.15, 0.2) is 60.7 Å². The monoisotopic (exact) mass is 346 g/mol. The molecular formula is C25H30O. The van der Waals surface area contributed by atoms with Crippen LogP contribution in [0.25, 0.3) is 0 Å². The number of benzene rings is 2. The lowest BCUT2D eigenvalue weighted by Crippen LogP contribution is -2.60. The van der Waals surface area contributed by atoms with E-state index in [0.29, 0.717) is 0 Å². The fourth-order valence-corrected chi connectivity index (χ4v) is 6.99. The minimum absolute atomic E-state index is 0.118. The molecule has 0 aromatic heterocycles. The van der Waals surface area contributed by atoms with Crippen molar-refractivity contribution in [3.63, 3.8) is 0 Å². The maximum atomic E-state index is 12.3. The first-order chi connectivity index (χ1) is 12.6. The molecule has 0 spiro atoms. The summed E-state index contributed by atoms with van der Waals surface area (Å²) < 4.78 is 0. The molecule has 0 radical (unpaired) electrons. The smallest absolute Gasteiger partial charge is 0.0784 e. The van der Waals surface area contributed by atoms with E-state index in [-0.39, 0.29) is 5.41 Å². The van der Waals surface area contributed by atoms with Crippen molar-refractivity contribution in [2.75, 3.05) is 0 Å². The van der Waals surface area contributed by atoms with Gasteiger partial charge >= 0.3 is 0 Å². The third-order valence-corrected chi connectivity index (χ3v) is 7.70. The summed E-state index contributed by atoms with van der Waals surface area (Å²) in [4.78, 5) is 0. The Kier molecular flexibility index (Phi) is 3.97. The maximum Gasteiger partial charge on any atom is 0.0784 e. The van der Waals surface area contributed by atoms with Gasteiger partial charge in [-0.1, -0.05) is 60.7 Å². The number of rotatable bonds is 5. The highest BCUT2D eigenvalue weighted by molar-refractivity contribution is 5.25. The van der Waals surface area contributed by atoms with Crippen molar-refractivity contribution in [3.05, 3.63) is 71.8 Å². The molecule has 0 heterocycles. The second-order valence-electron chi connectivity index (χ2n) is 9.55. The molecule has 1 heteroatoms. The van der Waals surface area contributed by atoms with Crippen LogP contribution in [0.5, 0.6) is 0 Å². The summed E-state index contributed by atoms with van der Waals surface area (Å²) in [5, 5.41) is 12.3. The molecule has 1 nitrogen and oxygen atoms in total. The van der Waals surface area contributed by atoms with Crippen molar-refractivity contribution in [2.24, 2.45) is 23.2 Å². The standard InChI is InChI=1S/C25H30O/c26-25(17-19-7-3-1-4-8-19,18-20-9-5-2-6-10-20)24-14-21-11-22(15-24)13-23(12-21)16-24/h1-10,21-23,26H,11-18H2. The molecule has 2 aromatic carbocycles. The van der Waals surface area contributed by atoms with Crippen LogP contribution in [0.2, 0.25) is 0 Å². The Morgan fingerprint density at radius 2 is 1.08 bits per heavy atom. The predicted molar refractivity (Wildman–Crippen MR) is 106 cm³/mol. The number of aliphatic hydroxyl groups is 1. The first kappa shape index (κ1) is 16.6. The quantitative estimate of drug-likeness (QED) is 0.766. The van der Waals surface area contributed by atoms with E-state index in [1.807, 2.05) is 0 Å². The van der Waals surface area contributed by atoms with Gasteiger partial charge in [0.2, 0.25) is 0 Å². The SMILES string of the molecule is OC(Cc1ccccc1)(Cc1ccccc1)C12CC3CC(CC(C3)C1)C2. The largest absolute Gasteiger partial charge is 0.389 e. The van der Waals surface area contributed by atoms with Crippen LogP contribution in [0.1, 0.15) is 49.7 Å². The highest BCUT2D eigenvalue weighted by Crippen LogP contribution is 2.64. The summed E-state index contributed by atoms with van der Waals surface area (Å²) in [7, 11) is 0. The summed E-state index contributed by atoms with van der Waals surface area (Å²) >= 11 is 0. The van der Waals surface area contributed by atoms with Gasteiger partial charge in [0.15, 0.2) is 0 Å². The van der Waals surface area contributed by atoms with Crippen LogP contribution < -0.4 is 0 Å². The van der Waals surface area contributed by atoms with Crippen molar-refractivity contribution in [1.29, 1.82) is 0 Å². The summed E-state index contributed by atoms with van der Waals surface area (Å²) in [6.45, 7) is 0. The molecule has 4 bridgehead atoms. The molecule has 4 fully saturated rings. The van der Waals surface area contributed by atoms with Crippen molar-refractivity contribution in [3.8, 4) is 0 Å². The summed E-state index contributed by atoms with van der Waals surface area (Å²) in [6, 6.07) is 21.3. The second kappa shape index (κ2) is 6.23. The van der Waals surface area contributed by atoms with E-state index < -0.39 is 5.60 Å². The Hall–Kier alpha value is -1.60. The van der Waals surface area contributed by atoms with Crippen LogP contribution >= 0.6 is 0 Å². The zero-order chi connectivity index (χ0) is 17.6.